The number of carbonyl (C=O) groups is 1. The number of ether oxygens (including phenoxy) is 1. The second kappa shape index (κ2) is 7.89. The van der Waals surface area contributed by atoms with E-state index in [1.54, 1.807) is 36.5 Å². The molecule has 1 aliphatic rings. The molecule has 0 spiro atoms. The van der Waals surface area contributed by atoms with Gasteiger partial charge in [0.05, 0.1) is 28.2 Å². The van der Waals surface area contributed by atoms with Crippen LogP contribution in [0.3, 0.4) is 0 Å². The monoisotopic (exact) mass is 369 g/mol. The molecule has 1 aliphatic heterocycles. The van der Waals surface area contributed by atoms with Gasteiger partial charge < -0.3 is 4.74 Å². The second-order valence-corrected chi connectivity index (χ2v) is 8.84. The Hall–Kier alpha value is -1.74. The smallest absolute Gasteiger partial charge is 0.311 e. The van der Waals surface area contributed by atoms with Gasteiger partial charge in [-0.1, -0.05) is 0 Å². The van der Waals surface area contributed by atoms with Gasteiger partial charge in [0.25, 0.3) is 0 Å². The molecule has 1 aromatic rings. The van der Waals surface area contributed by atoms with E-state index in [0.717, 1.165) is 11.5 Å². The van der Waals surface area contributed by atoms with Crippen LogP contribution in [0.15, 0.2) is 23.3 Å². The highest BCUT2D eigenvalue weighted by molar-refractivity contribution is 8.21. The summed E-state index contributed by atoms with van der Waals surface area (Å²) < 4.78 is 4.86. The van der Waals surface area contributed by atoms with Gasteiger partial charge in [0.15, 0.2) is 5.75 Å². The Morgan fingerprint density at radius 3 is 2.71 bits per heavy atom. The van der Waals surface area contributed by atoms with Crippen molar-refractivity contribution in [1.29, 1.82) is 0 Å². The molecule has 7 nitrogen and oxygen atoms in total. The Labute approximate surface area is 148 Å². The van der Waals surface area contributed by atoms with Gasteiger partial charge in [-0.3, -0.25) is 14.9 Å². The number of amides is 1. The van der Waals surface area contributed by atoms with Gasteiger partial charge in [0.2, 0.25) is 5.91 Å². The molecule has 1 N–H and O–H groups in total. The molecule has 0 saturated carbocycles. The largest absolute Gasteiger partial charge is 0.490 e. The Morgan fingerprint density at radius 2 is 2.12 bits per heavy atom. The molecule has 1 amide bonds. The van der Waals surface area contributed by atoms with Gasteiger partial charge in [-0.2, -0.15) is 5.10 Å². The molecule has 0 aromatic heterocycles. The van der Waals surface area contributed by atoms with Crippen LogP contribution in [0.5, 0.6) is 5.75 Å². The van der Waals surface area contributed by atoms with Crippen molar-refractivity contribution in [3.05, 3.63) is 33.9 Å². The van der Waals surface area contributed by atoms with Crippen molar-refractivity contribution in [3.8, 4) is 5.75 Å². The summed E-state index contributed by atoms with van der Waals surface area (Å²) in [6, 6.07) is 4.57. The van der Waals surface area contributed by atoms with Gasteiger partial charge in [0, 0.05) is 23.1 Å². The molecule has 130 valence electrons. The van der Waals surface area contributed by atoms with E-state index in [0.29, 0.717) is 17.7 Å². The van der Waals surface area contributed by atoms with E-state index < -0.39 is 4.92 Å². The fourth-order valence-electron chi connectivity index (χ4n) is 2.26. The lowest BCUT2D eigenvalue weighted by atomic mass is 10.1. The zero-order valence-electron chi connectivity index (χ0n) is 13.7. The average molecular weight is 369 g/mol. The molecular formula is C15H19N3O4S2. The fraction of sp³-hybridized carbons (Fsp3) is 0.467. The molecular weight excluding hydrogens is 350 g/mol. The van der Waals surface area contributed by atoms with Crippen LogP contribution in [0, 0.1) is 10.1 Å². The van der Waals surface area contributed by atoms with Crippen LogP contribution in [-0.4, -0.2) is 39.2 Å². The van der Waals surface area contributed by atoms with Crippen molar-refractivity contribution in [2.24, 2.45) is 5.10 Å². The molecule has 0 radical (unpaired) electrons. The summed E-state index contributed by atoms with van der Waals surface area (Å²) in [5.74, 6) is 2.11. The number of hydrazone groups is 1. The summed E-state index contributed by atoms with van der Waals surface area (Å²) in [6.07, 6.45) is 0.377. The van der Waals surface area contributed by atoms with E-state index in [4.69, 9.17) is 4.74 Å². The molecule has 0 unspecified atom stereocenters. The molecule has 0 bridgehead atoms. The van der Waals surface area contributed by atoms with Crippen molar-refractivity contribution in [3.63, 3.8) is 0 Å². The highest BCUT2D eigenvalue weighted by Gasteiger charge is 2.32. The summed E-state index contributed by atoms with van der Waals surface area (Å²) in [5.41, 5.74) is 3.44. The lowest BCUT2D eigenvalue weighted by molar-refractivity contribution is -0.385. The minimum absolute atomic E-state index is 0.105. The highest BCUT2D eigenvalue weighted by atomic mass is 32.2. The third-order valence-electron chi connectivity index (χ3n) is 3.52. The van der Waals surface area contributed by atoms with Crippen molar-refractivity contribution < 1.29 is 14.5 Å². The quantitative estimate of drug-likeness (QED) is 0.471. The number of carbonyl (C=O) groups excluding carboxylic acids is 1. The van der Waals surface area contributed by atoms with Gasteiger partial charge in [-0.25, -0.2) is 5.43 Å². The van der Waals surface area contributed by atoms with Crippen LogP contribution in [0.2, 0.25) is 0 Å². The molecule has 0 atom stereocenters. The van der Waals surface area contributed by atoms with Crippen molar-refractivity contribution in [2.75, 3.05) is 18.6 Å². The lowest BCUT2D eigenvalue weighted by Gasteiger charge is -2.19. The van der Waals surface area contributed by atoms with E-state index in [9.17, 15) is 14.9 Å². The van der Waals surface area contributed by atoms with E-state index >= 15 is 0 Å². The molecule has 24 heavy (non-hydrogen) atoms. The van der Waals surface area contributed by atoms with E-state index in [-0.39, 0.29) is 21.4 Å². The molecule has 2 rings (SSSR count). The van der Waals surface area contributed by atoms with Gasteiger partial charge in [-0.15, -0.1) is 23.5 Å². The van der Waals surface area contributed by atoms with Crippen LogP contribution in [0.4, 0.5) is 5.69 Å². The molecule has 0 aliphatic carbocycles. The minimum Gasteiger partial charge on any atom is -0.490 e. The number of hydrogen-bond acceptors (Lipinski definition) is 7. The first kappa shape index (κ1) is 18.6. The number of thioether (sulfide) groups is 2. The Bertz CT molecular complexity index is 673. The molecule has 9 heteroatoms. The van der Waals surface area contributed by atoms with E-state index in [1.165, 1.54) is 19.2 Å². The summed E-state index contributed by atoms with van der Waals surface area (Å²) in [6.45, 7) is 3.74. The third kappa shape index (κ3) is 4.64. The number of methoxy groups -OCH3 is 1. The van der Waals surface area contributed by atoms with Crippen LogP contribution in [0.1, 0.15) is 25.8 Å². The molecule has 1 aromatic carbocycles. The van der Waals surface area contributed by atoms with Crippen LogP contribution < -0.4 is 10.2 Å². The lowest BCUT2D eigenvalue weighted by Crippen LogP contribution is -2.26. The summed E-state index contributed by atoms with van der Waals surface area (Å²) in [5, 5.41) is 15.1. The predicted molar refractivity (Wildman–Crippen MR) is 97.9 cm³/mol. The van der Waals surface area contributed by atoms with Crippen molar-refractivity contribution in [2.45, 2.75) is 24.3 Å². The maximum atomic E-state index is 12.0. The number of nitro groups is 1. The zero-order chi connectivity index (χ0) is 17.7. The standard InChI is InChI=1S/C15H19N3O4S2/c1-10(11-4-5-13(22-3)12(8-11)18(20)21)16-17-14(19)9-15(2)23-6-7-24-15/h4-5,8H,6-7,9H2,1-3H3,(H,17,19)/b16-10-. The second-order valence-electron chi connectivity index (χ2n) is 5.38. The minimum atomic E-state index is -0.510. The Balaban J connectivity index is 2.06. The fourth-order valence-corrected chi connectivity index (χ4v) is 5.09. The molecule has 1 fully saturated rings. The Morgan fingerprint density at radius 1 is 1.46 bits per heavy atom. The SMILES string of the molecule is COc1ccc(/C(C)=N\NC(=O)CC2(C)SCCS2)cc1[N+](=O)[O-]. The maximum absolute atomic E-state index is 12.0. The normalized spacial score (nSPS) is 16.7. The van der Waals surface area contributed by atoms with E-state index in [1.807, 2.05) is 0 Å². The number of hydrogen-bond donors (Lipinski definition) is 1. The number of rotatable bonds is 6. The molecule has 1 saturated heterocycles. The topological polar surface area (TPSA) is 93.8 Å². The highest BCUT2D eigenvalue weighted by Crippen LogP contribution is 2.45. The van der Waals surface area contributed by atoms with Gasteiger partial charge in [0.1, 0.15) is 0 Å². The number of nitrogens with zero attached hydrogens (tertiary/aromatic N) is 2. The average Bonchev–Trinajstić information content (AvgIpc) is 2.97. The van der Waals surface area contributed by atoms with Crippen LogP contribution in [0.25, 0.3) is 0 Å². The van der Waals surface area contributed by atoms with E-state index in [2.05, 4.69) is 17.5 Å². The predicted octanol–water partition coefficient (Wildman–Crippen LogP) is 3.03. The zero-order valence-corrected chi connectivity index (χ0v) is 15.3. The van der Waals surface area contributed by atoms with Gasteiger partial charge >= 0.3 is 5.69 Å². The molecule has 1 heterocycles. The van der Waals surface area contributed by atoms with Crippen molar-refractivity contribution >= 4 is 40.8 Å². The third-order valence-corrected chi connectivity index (χ3v) is 6.81. The summed E-state index contributed by atoms with van der Waals surface area (Å²) in [7, 11) is 1.38. The summed E-state index contributed by atoms with van der Waals surface area (Å²) >= 11 is 3.56. The first-order chi connectivity index (χ1) is 11.3. The Kier molecular flexibility index (Phi) is 6.11. The number of nitrogens with one attached hydrogen (secondary N) is 1. The summed E-state index contributed by atoms with van der Waals surface area (Å²) in [4.78, 5) is 22.6. The van der Waals surface area contributed by atoms with Crippen LogP contribution in [-0.2, 0) is 4.79 Å². The first-order valence-corrected chi connectivity index (χ1v) is 9.25. The van der Waals surface area contributed by atoms with Crippen LogP contribution >= 0.6 is 23.5 Å². The van der Waals surface area contributed by atoms with Gasteiger partial charge in [-0.05, 0) is 26.0 Å². The van der Waals surface area contributed by atoms with Crippen molar-refractivity contribution in [1.82, 2.24) is 5.43 Å². The number of benzene rings is 1. The first-order valence-electron chi connectivity index (χ1n) is 7.28. The number of nitro benzene ring substituents is 1. The maximum Gasteiger partial charge on any atom is 0.311 e.